The van der Waals surface area contributed by atoms with E-state index in [-0.39, 0.29) is 0 Å². The number of hydrogen-bond donors (Lipinski definition) is 0. The van der Waals surface area contributed by atoms with Crippen LogP contribution in [0.25, 0.3) is 0 Å². The highest BCUT2D eigenvalue weighted by atomic mass is 32.1. The van der Waals surface area contributed by atoms with Crippen LogP contribution >= 0.6 is 11.3 Å². The van der Waals surface area contributed by atoms with Crippen LogP contribution < -0.4 is 4.90 Å². The van der Waals surface area contributed by atoms with Crippen molar-refractivity contribution in [1.29, 1.82) is 0 Å². The molecule has 4 nitrogen and oxygen atoms in total. The molecule has 3 rings (SSSR count). The van der Waals surface area contributed by atoms with Crippen LogP contribution in [0.2, 0.25) is 0 Å². The smallest absolute Gasteiger partial charge is 0.151 e. The number of hydrogen-bond acceptors (Lipinski definition) is 5. The van der Waals surface area contributed by atoms with Crippen LogP contribution in [0.1, 0.15) is 17.7 Å². The SMILES string of the molecule is CN(CCc1cccs1)[C@@H]1CCCN(c2cccnn2)C1. The van der Waals surface area contributed by atoms with Crippen molar-refractivity contribution in [2.45, 2.75) is 25.3 Å². The lowest BCUT2D eigenvalue weighted by Crippen LogP contribution is -2.47. The first-order valence-corrected chi connectivity index (χ1v) is 8.46. The molecule has 0 bridgehead atoms. The van der Waals surface area contributed by atoms with Crippen LogP contribution in [-0.2, 0) is 6.42 Å². The number of rotatable bonds is 5. The molecular formula is C16H22N4S. The first kappa shape index (κ1) is 14.5. The van der Waals surface area contributed by atoms with Gasteiger partial charge in [-0.3, -0.25) is 0 Å². The summed E-state index contributed by atoms with van der Waals surface area (Å²) in [5.74, 6) is 1.01. The Hall–Kier alpha value is -1.46. The lowest BCUT2D eigenvalue weighted by molar-refractivity contribution is 0.217. The predicted molar refractivity (Wildman–Crippen MR) is 87.9 cm³/mol. The molecule has 2 aromatic heterocycles. The predicted octanol–water partition coefficient (Wildman–Crippen LogP) is 2.68. The van der Waals surface area contributed by atoms with Gasteiger partial charge in [0.15, 0.2) is 5.82 Å². The van der Waals surface area contributed by atoms with Crippen LogP contribution in [0.3, 0.4) is 0 Å². The van der Waals surface area contributed by atoms with Crippen LogP contribution in [0.4, 0.5) is 5.82 Å². The van der Waals surface area contributed by atoms with Gasteiger partial charge in [-0.2, -0.15) is 5.10 Å². The Morgan fingerprint density at radius 1 is 1.38 bits per heavy atom. The lowest BCUT2D eigenvalue weighted by atomic mass is 10.0. The molecule has 112 valence electrons. The molecule has 0 radical (unpaired) electrons. The molecule has 1 saturated heterocycles. The number of thiophene rings is 1. The van der Waals surface area contributed by atoms with Gasteiger partial charge in [0.25, 0.3) is 0 Å². The summed E-state index contributed by atoms with van der Waals surface area (Å²) in [4.78, 5) is 6.34. The molecule has 0 aromatic carbocycles. The Labute approximate surface area is 130 Å². The van der Waals surface area contributed by atoms with Gasteiger partial charge in [0.2, 0.25) is 0 Å². The summed E-state index contributed by atoms with van der Waals surface area (Å²) in [6.07, 6.45) is 5.39. The maximum absolute atomic E-state index is 4.24. The number of anilines is 1. The third-order valence-electron chi connectivity index (χ3n) is 4.19. The van der Waals surface area contributed by atoms with E-state index in [1.54, 1.807) is 6.20 Å². The number of likely N-dealkylation sites (N-methyl/N-ethyl adjacent to an activating group) is 1. The second-order valence-corrected chi connectivity index (χ2v) is 6.67. The fourth-order valence-corrected chi connectivity index (χ4v) is 3.61. The Bertz CT molecular complexity index is 528. The third kappa shape index (κ3) is 3.80. The molecule has 0 N–H and O–H groups in total. The van der Waals surface area contributed by atoms with E-state index in [9.17, 15) is 0 Å². The summed E-state index contributed by atoms with van der Waals surface area (Å²) in [5.41, 5.74) is 0. The summed E-state index contributed by atoms with van der Waals surface area (Å²) in [7, 11) is 2.25. The van der Waals surface area contributed by atoms with Crippen molar-refractivity contribution in [3.8, 4) is 0 Å². The molecule has 0 unspecified atom stereocenters. The summed E-state index contributed by atoms with van der Waals surface area (Å²) >= 11 is 1.85. The largest absolute Gasteiger partial charge is 0.354 e. The van der Waals surface area contributed by atoms with Crippen molar-refractivity contribution in [2.24, 2.45) is 0 Å². The standard InChI is InChI=1S/C16H22N4S/c1-19(11-8-15-6-4-12-21-15)14-5-3-10-20(13-14)16-7-2-9-17-18-16/h2,4,6-7,9,12,14H,3,5,8,10-11,13H2,1H3/t14-/m1/s1. The summed E-state index contributed by atoms with van der Waals surface area (Å²) in [5, 5.41) is 10.4. The zero-order valence-corrected chi connectivity index (χ0v) is 13.3. The fourth-order valence-electron chi connectivity index (χ4n) is 2.91. The lowest BCUT2D eigenvalue weighted by Gasteiger charge is -2.38. The van der Waals surface area contributed by atoms with E-state index in [1.165, 1.54) is 17.7 Å². The molecule has 0 aliphatic carbocycles. The molecule has 0 spiro atoms. The van der Waals surface area contributed by atoms with Crippen LogP contribution in [0.15, 0.2) is 35.8 Å². The Kier molecular flexibility index (Phi) is 4.83. The van der Waals surface area contributed by atoms with Crippen molar-refractivity contribution in [3.63, 3.8) is 0 Å². The number of piperidine rings is 1. The highest BCUT2D eigenvalue weighted by Gasteiger charge is 2.23. The minimum atomic E-state index is 0.612. The van der Waals surface area contributed by atoms with Gasteiger partial charge < -0.3 is 9.80 Å². The van der Waals surface area contributed by atoms with Gasteiger partial charge in [-0.25, -0.2) is 0 Å². The van der Waals surface area contributed by atoms with Gasteiger partial charge in [0.1, 0.15) is 0 Å². The number of nitrogens with zero attached hydrogens (tertiary/aromatic N) is 4. The molecular weight excluding hydrogens is 280 g/mol. The molecule has 2 aromatic rings. The van der Waals surface area contributed by atoms with Gasteiger partial charge in [-0.1, -0.05) is 6.07 Å². The molecule has 0 saturated carbocycles. The van der Waals surface area contributed by atoms with E-state index in [0.29, 0.717) is 6.04 Å². The maximum Gasteiger partial charge on any atom is 0.151 e. The van der Waals surface area contributed by atoms with E-state index >= 15 is 0 Å². The minimum Gasteiger partial charge on any atom is -0.354 e. The van der Waals surface area contributed by atoms with Gasteiger partial charge in [0, 0.05) is 36.8 Å². The van der Waals surface area contributed by atoms with Crippen molar-refractivity contribution in [3.05, 3.63) is 40.7 Å². The Morgan fingerprint density at radius 3 is 3.10 bits per heavy atom. The van der Waals surface area contributed by atoms with Gasteiger partial charge in [-0.05, 0) is 49.9 Å². The molecule has 3 heterocycles. The molecule has 1 atom stereocenters. The van der Waals surface area contributed by atoms with Crippen molar-refractivity contribution in [1.82, 2.24) is 15.1 Å². The van der Waals surface area contributed by atoms with Gasteiger partial charge in [-0.15, -0.1) is 16.4 Å². The van der Waals surface area contributed by atoms with E-state index < -0.39 is 0 Å². The van der Waals surface area contributed by atoms with Crippen molar-refractivity contribution in [2.75, 3.05) is 31.6 Å². The molecule has 21 heavy (non-hydrogen) atoms. The average molecular weight is 302 g/mol. The van der Waals surface area contributed by atoms with Crippen LogP contribution in [0.5, 0.6) is 0 Å². The zero-order chi connectivity index (χ0) is 14.5. The van der Waals surface area contributed by atoms with Crippen molar-refractivity contribution < 1.29 is 0 Å². The molecule has 1 fully saturated rings. The third-order valence-corrected chi connectivity index (χ3v) is 5.13. The normalized spacial score (nSPS) is 19.1. The minimum absolute atomic E-state index is 0.612. The first-order valence-electron chi connectivity index (χ1n) is 7.58. The van der Waals surface area contributed by atoms with E-state index in [1.807, 2.05) is 17.4 Å². The van der Waals surface area contributed by atoms with Crippen LogP contribution in [0, 0.1) is 0 Å². The summed E-state index contributed by atoms with van der Waals surface area (Å²) in [6.45, 7) is 3.27. The Morgan fingerprint density at radius 2 is 2.33 bits per heavy atom. The van der Waals surface area contributed by atoms with E-state index in [2.05, 4.69) is 50.6 Å². The zero-order valence-electron chi connectivity index (χ0n) is 12.5. The van der Waals surface area contributed by atoms with Crippen LogP contribution in [-0.4, -0.2) is 47.8 Å². The molecule has 5 heteroatoms. The monoisotopic (exact) mass is 302 g/mol. The highest BCUT2D eigenvalue weighted by molar-refractivity contribution is 7.09. The molecule has 0 amide bonds. The molecule has 1 aliphatic rings. The first-order chi connectivity index (χ1) is 10.3. The van der Waals surface area contributed by atoms with E-state index in [4.69, 9.17) is 0 Å². The number of aromatic nitrogens is 2. The summed E-state index contributed by atoms with van der Waals surface area (Å²) in [6, 6.07) is 9.00. The van der Waals surface area contributed by atoms with Crippen molar-refractivity contribution >= 4 is 17.2 Å². The fraction of sp³-hybridized carbons (Fsp3) is 0.500. The maximum atomic E-state index is 4.24. The van der Waals surface area contributed by atoms with E-state index in [0.717, 1.165) is 31.9 Å². The second-order valence-electron chi connectivity index (χ2n) is 5.63. The second kappa shape index (κ2) is 7.00. The Balaban J connectivity index is 1.55. The topological polar surface area (TPSA) is 32.3 Å². The summed E-state index contributed by atoms with van der Waals surface area (Å²) < 4.78 is 0. The quantitative estimate of drug-likeness (QED) is 0.850. The van der Waals surface area contributed by atoms with Gasteiger partial charge >= 0.3 is 0 Å². The van der Waals surface area contributed by atoms with Gasteiger partial charge in [0.05, 0.1) is 0 Å². The highest BCUT2D eigenvalue weighted by Crippen LogP contribution is 2.20. The molecule has 1 aliphatic heterocycles. The average Bonchev–Trinajstić information content (AvgIpc) is 3.07.